The Morgan fingerprint density at radius 1 is 1.27 bits per heavy atom. The topological polar surface area (TPSA) is 39.7 Å². The lowest BCUT2D eigenvalue weighted by Gasteiger charge is -2.18. The van der Waals surface area contributed by atoms with Crippen LogP contribution >= 0.6 is 35.7 Å². The third-order valence-corrected chi connectivity index (χ3v) is 4.30. The molecule has 0 heterocycles. The second-order valence-electron chi connectivity index (χ2n) is 5.02. The number of nitrogens with one attached hydrogen (secondary N) is 2. The van der Waals surface area contributed by atoms with E-state index in [1.165, 1.54) is 4.90 Å². The Kier molecular flexibility index (Phi) is 12.7. The minimum absolute atomic E-state index is 0. The first-order valence-electron chi connectivity index (χ1n) is 7.50. The molecule has 22 heavy (non-hydrogen) atoms. The van der Waals surface area contributed by atoms with Crippen molar-refractivity contribution in [2.24, 2.45) is 4.99 Å². The molecule has 0 aliphatic heterocycles. The van der Waals surface area contributed by atoms with Gasteiger partial charge in [-0.15, -0.1) is 35.7 Å². The van der Waals surface area contributed by atoms with Gasteiger partial charge in [0.1, 0.15) is 0 Å². The van der Waals surface area contributed by atoms with E-state index in [1.807, 2.05) is 24.9 Å². The van der Waals surface area contributed by atoms with Gasteiger partial charge in [-0.25, -0.2) is 0 Å². The Balaban J connectivity index is 0.00000441. The summed E-state index contributed by atoms with van der Waals surface area (Å²) in [6.07, 6.45) is 0. The van der Waals surface area contributed by atoms with Crippen LogP contribution in [0.3, 0.4) is 0 Å². The number of nitrogens with zero attached hydrogens (tertiary/aromatic N) is 2. The fourth-order valence-electron chi connectivity index (χ4n) is 1.76. The summed E-state index contributed by atoms with van der Waals surface area (Å²) >= 11 is 1.87. The van der Waals surface area contributed by atoms with Crippen LogP contribution in [0.5, 0.6) is 0 Å². The highest BCUT2D eigenvalue weighted by Crippen LogP contribution is 2.21. The molecule has 0 radical (unpaired) electrons. The zero-order valence-corrected chi connectivity index (χ0v) is 17.2. The second kappa shape index (κ2) is 13.0. The number of rotatable bonds is 8. The van der Waals surface area contributed by atoms with E-state index in [0.717, 1.165) is 32.1 Å². The van der Waals surface area contributed by atoms with Gasteiger partial charge in [-0.3, -0.25) is 4.99 Å². The molecule has 0 amide bonds. The Labute approximate surface area is 156 Å². The van der Waals surface area contributed by atoms with Crippen LogP contribution in [0, 0.1) is 0 Å². The summed E-state index contributed by atoms with van der Waals surface area (Å²) in [6.45, 7) is 8.27. The minimum atomic E-state index is 0. The molecule has 1 atom stereocenters. The first kappa shape index (κ1) is 21.5. The van der Waals surface area contributed by atoms with Crippen LogP contribution < -0.4 is 10.6 Å². The molecule has 0 fully saturated rings. The van der Waals surface area contributed by atoms with Crippen LogP contribution in [0.25, 0.3) is 0 Å². The van der Waals surface area contributed by atoms with Gasteiger partial charge in [0, 0.05) is 36.8 Å². The summed E-state index contributed by atoms with van der Waals surface area (Å²) in [4.78, 5) is 7.83. The summed E-state index contributed by atoms with van der Waals surface area (Å²) in [5.41, 5.74) is 0. The molecule has 0 spiro atoms. The molecular weight excluding hydrogens is 407 g/mol. The number of halogens is 1. The number of benzene rings is 1. The molecule has 126 valence electrons. The van der Waals surface area contributed by atoms with E-state index >= 15 is 0 Å². The molecule has 0 saturated heterocycles. The van der Waals surface area contributed by atoms with Crippen molar-refractivity contribution in [2.75, 3.05) is 40.3 Å². The number of guanidine groups is 1. The van der Waals surface area contributed by atoms with Crippen LogP contribution in [0.2, 0.25) is 0 Å². The first-order valence-corrected chi connectivity index (χ1v) is 8.38. The fraction of sp³-hybridized carbons (Fsp3) is 0.562. The van der Waals surface area contributed by atoms with Crippen LogP contribution in [-0.2, 0) is 0 Å². The van der Waals surface area contributed by atoms with Crippen LogP contribution in [0.15, 0.2) is 40.2 Å². The maximum atomic E-state index is 4.26. The van der Waals surface area contributed by atoms with Gasteiger partial charge in [0.15, 0.2) is 5.96 Å². The van der Waals surface area contributed by atoms with Crippen molar-refractivity contribution in [2.45, 2.75) is 24.0 Å². The smallest absolute Gasteiger partial charge is 0.191 e. The number of hydrogen-bond acceptors (Lipinski definition) is 3. The lowest BCUT2D eigenvalue weighted by molar-refractivity contribution is 0.357. The van der Waals surface area contributed by atoms with E-state index in [2.05, 4.69) is 65.7 Å². The van der Waals surface area contributed by atoms with Crippen molar-refractivity contribution in [3.05, 3.63) is 30.3 Å². The quantitative estimate of drug-likeness (QED) is 0.285. The molecule has 0 saturated carbocycles. The molecular formula is C16H29IN4S. The number of aliphatic imine (C=N–C) groups is 1. The third kappa shape index (κ3) is 9.53. The molecule has 0 aromatic heterocycles. The zero-order valence-electron chi connectivity index (χ0n) is 14.0. The number of thioether (sulfide) groups is 1. The zero-order chi connectivity index (χ0) is 15.5. The van der Waals surface area contributed by atoms with Crippen LogP contribution in [0.1, 0.15) is 13.8 Å². The van der Waals surface area contributed by atoms with Crippen LogP contribution in [-0.4, -0.2) is 56.4 Å². The molecule has 0 aliphatic carbocycles. The second-order valence-corrected chi connectivity index (χ2v) is 6.53. The lowest BCUT2D eigenvalue weighted by Crippen LogP contribution is -2.42. The maximum absolute atomic E-state index is 4.26. The largest absolute Gasteiger partial charge is 0.355 e. The third-order valence-electron chi connectivity index (χ3n) is 3.19. The maximum Gasteiger partial charge on any atom is 0.191 e. The summed E-state index contributed by atoms with van der Waals surface area (Å²) in [5.74, 6) is 0.875. The highest BCUT2D eigenvalue weighted by Gasteiger charge is 2.05. The predicted molar refractivity (Wildman–Crippen MR) is 110 cm³/mol. The van der Waals surface area contributed by atoms with Gasteiger partial charge in [0.25, 0.3) is 0 Å². The van der Waals surface area contributed by atoms with E-state index in [-0.39, 0.29) is 24.0 Å². The average Bonchev–Trinajstić information content (AvgIpc) is 2.51. The Morgan fingerprint density at radius 2 is 1.95 bits per heavy atom. The van der Waals surface area contributed by atoms with Gasteiger partial charge in [0.05, 0.1) is 0 Å². The highest BCUT2D eigenvalue weighted by molar-refractivity contribution is 14.0. The van der Waals surface area contributed by atoms with Gasteiger partial charge in [-0.2, -0.15) is 0 Å². The summed E-state index contributed by atoms with van der Waals surface area (Å²) < 4.78 is 0. The molecule has 1 aromatic rings. The SMILES string of the molecule is CCN(C)CCNC(=NC)NCC(C)Sc1ccccc1.I. The number of hydrogen-bond donors (Lipinski definition) is 2. The summed E-state index contributed by atoms with van der Waals surface area (Å²) in [5, 5.41) is 7.21. The van der Waals surface area contributed by atoms with Crippen molar-refractivity contribution < 1.29 is 0 Å². The standard InChI is InChI=1S/C16H28N4S.HI/c1-5-20(4)12-11-18-16(17-3)19-13-14(2)21-15-9-7-6-8-10-15;/h6-10,14H,5,11-13H2,1-4H3,(H2,17,18,19);1H. The Morgan fingerprint density at radius 3 is 2.55 bits per heavy atom. The van der Waals surface area contributed by atoms with E-state index in [4.69, 9.17) is 0 Å². The van der Waals surface area contributed by atoms with Crippen molar-refractivity contribution in [3.8, 4) is 0 Å². The molecule has 0 bridgehead atoms. The van der Waals surface area contributed by atoms with Crippen LogP contribution in [0.4, 0.5) is 0 Å². The van der Waals surface area contributed by atoms with E-state index in [1.54, 1.807) is 0 Å². The average molecular weight is 436 g/mol. The minimum Gasteiger partial charge on any atom is -0.355 e. The molecule has 4 nitrogen and oxygen atoms in total. The Hall–Kier alpha value is -0.470. The Bertz CT molecular complexity index is 414. The van der Waals surface area contributed by atoms with E-state index in [9.17, 15) is 0 Å². The first-order chi connectivity index (χ1) is 10.2. The monoisotopic (exact) mass is 436 g/mol. The van der Waals surface area contributed by atoms with Crippen molar-refractivity contribution in [3.63, 3.8) is 0 Å². The van der Waals surface area contributed by atoms with Gasteiger partial charge in [-0.1, -0.05) is 32.0 Å². The van der Waals surface area contributed by atoms with E-state index in [0.29, 0.717) is 5.25 Å². The molecule has 0 aliphatic rings. The molecule has 1 rings (SSSR count). The van der Waals surface area contributed by atoms with Crippen molar-refractivity contribution in [1.82, 2.24) is 15.5 Å². The predicted octanol–water partition coefficient (Wildman–Crippen LogP) is 2.90. The van der Waals surface area contributed by atoms with Crippen molar-refractivity contribution in [1.29, 1.82) is 0 Å². The summed E-state index contributed by atoms with van der Waals surface area (Å²) in [6, 6.07) is 10.5. The van der Waals surface area contributed by atoms with Crippen molar-refractivity contribution >= 4 is 41.7 Å². The lowest BCUT2D eigenvalue weighted by atomic mass is 10.4. The van der Waals surface area contributed by atoms with E-state index < -0.39 is 0 Å². The molecule has 1 unspecified atom stereocenters. The highest BCUT2D eigenvalue weighted by atomic mass is 127. The molecule has 2 N–H and O–H groups in total. The normalized spacial score (nSPS) is 12.7. The molecule has 1 aromatic carbocycles. The van der Waals surface area contributed by atoms with Gasteiger partial charge in [-0.05, 0) is 25.7 Å². The summed E-state index contributed by atoms with van der Waals surface area (Å²) in [7, 11) is 3.93. The molecule has 6 heteroatoms. The van der Waals surface area contributed by atoms with Gasteiger partial charge < -0.3 is 15.5 Å². The fourth-order valence-corrected chi connectivity index (χ4v) is 2.70. The number of likely N-dealkylation sites (N-methyl/N-ethyl adjacent to an activating group) is 1. The van der Waals surface area contributed by atoms with Gasteiger partial charge >= 0.3 is 0 Å². The van der Waals surface area contributed by atoms with Gasteiger partial charge in [0.2, 0.25) is 0 Å².